The Morgan fingerprint density at radius 2 is 1.71 bits per heavy atom. The number of aromatic hydroxyl groups is 1. The molecule has 1 fully saturated rings. The Hall–Kier alpha value is -2.95. The minimum Gasteiger partial charge on any atom is -0.507 e. The summed E-state index contributed by atoms with van der Waals surface area (Å²) in [5.74, 6) is -0.0483. The fourth-order valence-corrected chi connectivity index (χ4v) is 3.07. The molecule has 1 saturated heterocycles. The predicted molar refractivity (Wildman–Crippen MR) is 109 cm³/mol. The molecule has 9 heteroatoms. The number of ketones is 1. The highest BCUT2D eigenvalue weighted by atomic mass is 16.7. The first-order chi connectivity index (χ1) is 14.8. The molecule has 0 spiro atoms. The highest BCUT2D eigenvalue weighted by Gasteiger charge is 2.44. The second-order valence-electron chi connectivity index (χ2n) is 6.96. The highest BCUT2D eigenvalue weighted by Crippen LogP contribution is 2.28. The van der Waals surface area contributed by atoms with Crippen molar-refractivity contribution in [2.75, 3.05) is 13.7 Å². The summed E-state index contributed by atoms with van der Waals surface area (Å²) < 4.78 is 15.8. The van der Waals surface area contributed by atoms with Gasteiger partial charge in [0, 0.05) is 6.07 Å². The van der Waals surface area contributed by atoms with Crippen LogP contribution in [0.15, 0.2) is 48.5 Å². The summed E-state index contributed by atoms with van der Waals surface area (Å²) in [5.41, 5.74) is 0.808. The highest BCUT2D eigenvalue weighted by molar-refractivity contribution is 6.08. The minimum absolute atomic E-state index is 0.0333. The van der Waals surface area contributed by atoms with Crippen molar-refractivity contribution >= 4 is 11.9 Å². The number of ether oxygens (including phenoxy) is 3. The van der Waals surface area contributed by atoms with E-state index >= 15 is 0 Å². The van der Waals surface area contributed by atoms with Crippen LogP contribution >= 0.6 is 0 Å². The van der Waals surface area contributed by atoms with Crippen LogP contribution in [-0.4, -0.2) is 75.7 Å². The van der Waals surface area contributed by atoms with E-state index in [0.29, 0.717) is 5.75 Å². The maximum Gasteiger partial charge on any atom is 0.229 e. The third kappa shape index (κ3) is 5.22. The lowest BCUT2D eigenvalue weighted by Crippen LogP contribution is -2.60. The summed E-state index contributed by atoms with van der Waals surface area (Å²) in [6.45, 7) is -0.593. The predicted octanol–water partition coefficient (Wildman–Crippen LogP) is 0.476. The molecule has 3 rings (SSSR count). The van der Waals surface area contributed by atoms with Crippen LogP contribution in [0.3, 0.4) is 0 Å². The number of carbonyl (C=O) groups excluding carboxylic acids is 1. The van der Waals surface area contributed by atoms with Crippen molar-refractivity contribution in [1.29, 1.82) is 0 Å². The van der Waals surface area contributed by atoms with E-state index in [1.54, 1.807) is 37.5 Å². The Labute approximate surface area is 178 Å². The second-order valence-corrected chi connectivity index (χ2v) is 6.96. The number of aliphatic hydroxyl groups is 4. The molecule has 1 heterocycles. The smallest absolute Gasteiger partial charge is 0.229 e. The lowest BCUT2D eigenvalue weighted by Gasteiger charge is -2.39. The Morgan fingerprint density at radius 1 is 1.03 bits per heavy atom. The Morgan fingerprint density at radius 3 is 2.32 bits per heavy atom. The van der Waals surface area contributed by atoms with Crippen LogP contribution in [-0.2, 0) is 4.74 Å². The largest absolute Gasteiger partial charge is 0.507 e. The van der Waals surface area contributed by atoms with E-state index in [9.17, 15) is 30.3 Å². The van der Waals surface area contributed by atoms with Crippen LogP contribution in [0.25, 0.3) is 6.08 Å². The summed E-state index contributed by atoms with van der Waals surface area (Å²) in [6, 6.07) is 11.0. The van der Waals surface area contributed by atoms with Crippen molar-refractivity contribution in [3.63, 3.8) is 0 Å². The Kier molecular flexibility index (Phi) is 7.26. The zero-order chi connectivity index (χ0) is 22.5. The molecule has 0 saturated carbocycles. The van der Waals surface area contributed by atoms with Gasteiger partial charge in [0.25, 0.3) is 0 Å². The molecule has 166 valence electrons. The summed E-state index contributed by atoms with van der Waals surface area (Å²) >= 11 is 0. The molecular formula is C22H24O9. The van der Waals surface area contributed by atoms with Gasteiger partial charge in [0.1, 0.15) is 41.7 Å². The molecule has 2 aromatic rings. The lowest BCUT2D eigenvalue weighted by molar-refractivity contribution is -0.277. The van der Waals surface area contributed by atoms with Gasteiger partial charge in [-0.25, -0.2) is 0 Å². The van der Waals surface area contributed by atoms with Crippen molar-refractivity contribution in [3.05, 3.63) is 59.7 Å². The maximum absolute atomic E-state index is 12.4. The van der Waals surface area contributed by atoms with Gasteiger partial charge >= 0.3 is 0 Å². The normalized spacial score (nSPS) is 26.0. The lowest BCUT2D eigenvalue weighted by atomic mass is 9.99. The molecule has 1 aliphatic rings. The maximum atomic E-state index is 12.4. The fraction of sp³-hybridized carbons (Fsp3) is 0.318. The molecule has 0 unspecified atom stereocenters. The molecule has 5 atom stereocenters. The van der Waals surface area contributed by atoms with E-state index < -0.39 is 43.1 Å². The van der Waals surface area contributed by atoms with Crippen LogP contribution in [0.4, 0.5) is 0 Å². The van der Waals surface area contributed by atoms with Gasteiger partial charge in [-0.05, 0) is 35.9 Å². The fourth-order valence-electron chi connectivity index (χ4n) is 3.07. The number of rotatable bonds is 7. The third-order valence-corrected chi connectivity index (χ3v) is 4.88. The molecule has 0 aliphatic carbocycles. The number of aliphatic hydroxyl groups excluding tert-OH is 4. The number of benzene rings is 2. The van der Waals surface area contributed by atoms with Crippen LogP contribution < -0.4 is 9.47 Å². The number of allylic oxidation sites excluding steroid dienone is 1. The van der Waals surface area contributed by atoms with E-state index in [1.165, 1.54) is 18.2 Å². The summed E-state index contributed by atoms with van der Waals surface area (Å²) in [5, 5.41) is 49.1. The molecule has 9 nitrogen and oxygen atoms in total. The number of carbonyl (C=O) groups is 1. The number of phenols is 1. The van der Waals surface area contributed by atoms with Crippen molar-refractivity contribution in [2.45, 2.75) is 30.7 Å². The second kappa shape index (κ2) is 9.90. The quantitative estimate of drug-likeness (QED) is 0.311. The Balaban J connectivity index is 1.69. The molecule has 5 N–H and O–H groups in total. The van der Waals surface area contributed by atoms with Crippen molar-refractivity contribution in [3.8, 4) is 17.2 Å². The van der Waals surface area contributed by atoms with Gasteiger partial charge in [-0.1, -0.05) is 18.2 Å². The van der Waals surface area contributed by atoms with Crippen LogP contribution in [0, 0.1) is 0 Å². The standard InChI is InChI=1S/C22H24O9/c1-29-13-5-2-12(3-6-13)4-9-16(24)15-8-7-14(10-17(15)25)30-22-21(28)20(27)19(26)18(11-23)31-22/h2-10,18-23,25-28H,11H2,1H3/t18-,19-,20+,21-,22-/m1/s1. The summed E-state index contributed by atoms with van der Waals surface area (Å²) in [7, 11) is 1.56. The summed E-state index contributed by atoms with van der Waals surface area (Å²) in [4.78, 5) is 12.4. The molecule has 0 amide bonds. The third-order valence-electron chi connectivity index (χ3n) is 4.88. The van der Waals surface area contributed by atoms with Crippen LogP contribution in [0.5, 0.6) is 17.2 Å². The molecule has 31 heavy (non-hydrogen) atoms. The number of phenolic OH excluding ortho intramolecular Hbond substituents is 1. The first-order valence-electron chi connectivity index (χ1n) is 9.50. The first-order valence-corrected chi connectivity index (χ1v) is 9.50. The minimum atomic E-state index is -1.59. The average Bonchev–Trinajstić information content (AvgIpc) is 2.78. The van der Waals surface area contributed by atoms with Crippen molar-refractivity contribution in [1.82, 2.24) is 0 Å². The van der Waals surface area contributed by atoms with E-state index in [4.69, 9.17) is 14.2 Å². The SMILES string of the molecule is COc1ccc(C=CC(=O)c2ccc(O[C@@H]3O[C@H](CO)[C@@H](O)[C@H](O)[C@H]3O)cc2O)cc1. The topological polar surface area (TPSA) is 146 Å². The molecule has 0 radical (unpaired) electrons. The van der Waals surface area contributed by atoms with Gasteiger partial charge in [0.05, 0.1) is 19.3 Å². The van der Waals surface area contributed by atoms with E-state index in [-0.39, 0.29) is 17.1 Å². The van der Waals surface area contributed by atoms with Gasteiger partial charge < -0.3 is 39.7 Å². The van der Waals surface area contributed by atoms with E-state index in [0.717, 1.165) is 11.6 Å². The van der Waals surface area contributed by atoms with Gasteiger partial charge in [0.2, 0.25) is 6.29 Å². The van der Waals surface area contributed by atoms with Crippen LogP contribution in [0.2, 0.25) is 0 Å². The molecule has 2 aromatic carbocycles. The number of methoxy groups -OCH3 is 1. The molecule has 1 aliphatic heterocycles. The van der Waals surface area contributed by atoms with Gasteiger partial charge in [-0.2, -0.15) is 0 Å². The molecular weight excluding hydrogens is 408 g/mol. The van der Waals surface area contributed by atoms with Crippen molar-refractivity contribution in [2.24, 2.45) is 0 Å². The first kappa shape index (κ1) is 22.7. The van der Waals surface area contributed by atoms with Gasteiger partial charge in [-0.15, -0.1) is 0 Å². The van der Waals surface area contributed by atoms with Gasteiger partial charge in [-0.3, -0.25) is 4.79 Å². The monoisotopic (exact) mass is 432 g/mol. The molecule has 0 bridgehead atoms. The van der Waals surface area contributed by atoms with Gasteiger partial charge in [0.15, 0.2) is 5.78 Å². The average molecular weight is 432 g/mol. The zero-order valence-corrected chi connectivity index (χ0v) is 16.7. The molecule has 0 aromatic heterocycles. The van der Waals surface area contributed by atoms with E-state index in [2.05, 4.69) is 0 Å². The van der Waals surface area contributed by atoms with E-state index in [1.807, 2.05) is 0 Å². The Bertz CT molecular complexity index is 923. The number of hydrogen-bond acceptors (Lipinski definition) is 9. The summed E-state index contributed by atoms with van der Waals surface area (Å²) in [6.07, 6.45) is -4.30. The van der Waals surface area contributed by atoms with Crippen LogP contribution in [0.1, 0.15) is 15.9 Å². The number of hydrogen-bond donors (Lipinski definition) is 5. The van der Waals surface area contributed by atoms with Crippen molar-refractivity contribution < 1.29 is 44.5 Å². The zero-order valence-electron chi connectivity index (χ0n) is 16.7.